The van der Waals surface area contributed by atoms with E-state index in [-0.39, 0.29) is 11.5 Å². The van der Waals surface area contributed by atoms with Crippen LogP contribution in [0.25, 0.3) is 5.65 Å². The van der Waals surface area contributed by atoms with Gasteiger partial charge in [0, 0.05) is 30.1 Å². The van der Waals surface area contributed by atoms with Crippen LogP contribution in [0.1, 0.15) is 51.3 Å². The van der Waals surface area contributed by atoms with Crippen molar-refractivity contribution in [2.45, 2.75) is 57.5 Å². The van der Waals surface area contributed by atoms with Gasteiger partial charge < -0.3 is 9.64 Å². The second-order valence-electron chi connectivity index (χ2n) is 8.08. The molecular formula is C18H23ClN4O2. The maximum atomic E-state index is 12.3. The normalized spacial score (nSPS) is 19.4. The zero-order chi connectivity index (χ0) is 17.8. The molecule has 1 fully saturated rings. The smallest absolute Gasteiger partial charge is 0.410 e. The topological polar surface area (TPSA) is 59.7 Å². The highest BCUT2D eigenvalue weighted by molar-refractivity contribution is 6.30. The van der Waals surface area contributed by atoms with Gasteiger partial charge >= 0.3 is 6.09 Å². The Labute approximate surface area is 152 Å². The lowest BCUT2D eigenvalue weighted by atomic mass is 9.76. The molecular weight excluding hydrogens is 340 g/mol. The summed E-state index contributed by atoms with van der Waals surface area (Å²) in [6.45, 7) is 7.07. The molecule has 25 heavy (non-hydrogen) atoms. The van der Waals surface area contributed by atoms with Gasteiger partial charge in [0.2, 0.25) is 0 Å². The molecule has 0 saturated carbocycles. The van der Waals surface area contributed by atoms with Crippen LogP contribution in [0.4, 0.5) is 4.79 Å². The fourth-order valence-corrected chi connectivity index (χ4v) is 4.33. The van der Waals surface area contributed by atoms with E-state index in [0.29, 0.717) is 18.2 Å². The number of amides is 1. The summed E-state index contributed by atoms with van der Waals surface area (Å²) in [7, 11) is 0. The maximum Gasteiger partial charge on any atom is 0.410 e. The first-order valence-corrected chi connectivity index (χ1v) is 9.17. The highest BCUT2D eigenvalue weighted by atomic mass is 35.5. The molecule has 6 nitrogen and oxygen atoms in total. The minimum atomic E-state index is -0.463. The molecule has 1 spiro atoms. The minimum absolute atomic E-state index is 0.0174. The van der Waals surface area contributed by atoms with Crippen molar-refractivity contribution in [1.82, 2.24) is 19.5 Å². The number of halogens is 1. The Morgan fingerprint density at radius 3 is 2.68 bits per heavy atom. The molecule has 2 aromatic rings. The summed E-state index contributed by atoms with van der Waals surface area (Å²) in [5.41, 5.74) is 2.57. The molecule has 0 bridgehead atoms. The highest BCUT2D eigenvalue weighted by Gasteiger charge is 2.45. The van der Waals surface area contributed by atoms with Gasteiger partial charge in [-0.1, -0.05) is 11.6 Å². The van der Waals surface area contributed by atoms with Crippen LogP contribution < -0.4 is 0 Å². The summed E-state index contributed by atoms with van der Waals surface area (Å²) in [6.07, 6.45) is 5.24. The number of hydrogen-bond donors (Lipinski definition) is 0. The molecule has 0 N–H and O–H groups in total. The van der Waals surface area contributed by atoms with Crippen molar-refractivity contribution in [3.63, 3.8) is 0 Å². The van der Waals surface area contributed by atoms with E-state index in [9.17, 15) is 4.79 Å². The molecule has 0 atom stereocenters. The number of carbonyl (C=O) groups excluding carboxylic acids is 1. The van der Waals surface area contributed by atoms with Crippen LogP contribution in [0.15, 0.2) is 12.3 Å². The van der Waals surface area contributed by atoms with Gasteiger partial charge in [-0.2, -0.15) is 5.10 Å². The maximum absolute atomic E-state index is 12.3. The first-order chi connectivity index (χ1) is 11.8. The number of piperidine rings is 1. The predicted octanol–water partition coefficient (Wildman–Crippen LogP) is 3.60. The number of carbonyl (C=O) groups is 1. The number of fused-ring (bicyclic) bond motifs is 3. The molecule has 134 valence electrons. The van der Waals surface area contributed by atoms with E-state index in [1.165, 1.54) is 0 Å². The molecule has 1 aliphatic heterocycles. The van der Waals surface area contributed by atoms with E-state index in [1.807, 2.05) is 31.7 Å². The number of aromatic nitrogens is 3. The summed E-state index contributed by atoms with van der Waals surface area (Å²) >= 11 is 6.56. The van der Waals surface area contributed by atoms with Gasteiger partial charge in [0.15, 0.2) is 5.65 Å². The second-order valence-corrected chi connectivity index (χ2v) is 8.44. The number of hydrogen-bond acceptors (Lipinski definition) is 4. The van der Waals surface area contributed by atoms with Crippen LogP contribution in [0.5, 0.6) is 0 Å². The van der Waals surface area contributed by atoms with E-state index in [4.69, 9.17) is 21.3 Å². The molecule has 0 aromatic carbocycles. The molecule has 2 aliphatic rings. The Hall–Kier alpha value is -1.82. The SMILES string of the molecule is CC(C)(C)OC(=O)N1CCC2(CCc3c2nc2ccnn2c3Cl)CC1. The monoisotopic (exact) mass is 362 g/mol. The van der Waals surface area contributed by atoms with Gasteiger partial charge in [-0.05, 0) is 46.5 Å². The Bertz CT molecular complexity index is 831. The van der Waals surface area contributed by atoms with E-state index in [0.717, 1.165) is 42.6 Å². The fraction of sp³-hybridized carbons (Fsp3) is 0.611. The van der Waals surface area contributed by atoms with Crippen LogP contribution in [0, 0.1) is 0 Å². The standard InChI is InChI=1S/C18H23ClN4O2/c1-17(2,3)25-16(24)22-10-7-18(8-11-22)6-4-12-14(18)21-13-5-9-20-23(13)15(12)19/h5,9H,4,6-8,10-11H2,1-3H3. The molecule has 2 aromatic heterocycles. The van der Waals surface area contributed by atoms with Gasteiger partial charge in [-0.15, -0.1) is 0 Å². The molecule has 4 rings (SSSR count). The molecule has 1 aliphatic carbocycles. The largest absolute Gasteiger partial charge is 0.444 e. The summed E-state index contributed by atoms with van der Waals surface area (Å²) in [6, 6.07) is 1.88. The van der Waals surface area contributed by atoms with Crippen LogP contribution >= 0.6 is 11.6 Å². The quantitative estimate of drug-likeness (QED) is 0.672. The second kappa shape index (κ2) is 5.59. The van der Waals surface area contributed by atoms with Crippen molar-refractivity contribution in [2.24, 2.45) is 0 Å². The summed E-state index contributed by atoms with van der Waals surface area (Å²) < 4.78 is 7.21. The van der Waals surface area contributed by atoms with E-state index < -0.39 is 5.60 Å². The lowest BCUT2D eigenvalue weighted by molar-refractivity contribution is 0.0162. The van der Waals surface area contributed by atoms with Crippen LogP contribution in [0.2, 0.25) is 5.15 Å². The Morgan fingerprint density at radius 1 is 1.28 bits per heavy atom. The number of likely N-dealkylation sites (tertiary alicyclic amines) is 1. The van der Waals surface area contributed by atoms with Gasteiger partial charge in [0.25, 0.3) is 0 Å². The summed E-state index contributed by atoms with van der Waals surface area (Å²) in [4.78, 5) is 19.0. The van der Waals surface area contributed by atoms with Crippen molar-refractivity contribution in [3.8, 4) is 0 Å². The van der Waals surface area contributed by atoms with E-state index in [2.05, 4.69) is 5.10 Å². The van der Waals surface area contributed by atoms with Crippen molar-refractivity contribution >= 4 is 23.3 Å². The van der Waals surface area contributed by atoms with Gasteiger partial charge in [-0.3, -0.25) is 0 Å². The average molecular weight is 363 g/mol. The fourth-order valence-electron chi connectivity index (χ4n) is 4.01. The van der Waals surface area contributed by atoms with Crippen molar-refractivity contribution in [1.29, 1.82) is 0 Å². The third-order valence-electron chi connectivity index (χ3n) is 5.30. The highest BCUT2D eigenvalue weighted by Crippen LogP contribution is 2.47. The Kier molecular flexibility index (Phi) is 3.72. The van der Waals surface area contributed by atoms with Gasteiger partial charge in [-0.25, -0.2) is 14.3 Å². The zero-order valence-corrected chi connectivity index (χ0v) is 15.6. The van der Waals surface area contributed by atoms with Crippen LogP contribution in [0.3, 0.4) is 0 Å². The van der Waals surface area contributed by atoms with Gasteiger partial charge in [0.05, 0.1) is 11.9 Å². The third kappa shape index (κ3) is 2.76. The molecule has 0 radical (unpaired) electrons. The first-order valence-electron chi connectivity index (χ1n) is 8.80. The third-order valence-corrected chi connectivity index (χ3v) is 5.69. The summed E-state index contributed by atoms with van der Waals surface area (Å²) in [5.74, 6) is 0. The minimum Gasteiger partial charge on any atom is -0.444 e. The van der Waals surface area contributed by atoms with E-state index >= 15 is 0 Å². The summed E-state index contributed by atoms with van der Waals surface area (Å²) in [5, 5.41) is 4.93. The molecule has 1 amide bonds. The number of rotatable bonds is 0. The number of ether oxygens (including phenoxy) is 1. The van der Waals surface area contributed by atoms with Gasteiger partial charge in [0.1, 0.15) is 10.8 Å². The predicted molar refractivity (Wildman–Crippen MR) is 95.0 cm³/mol. The molecule has 3 heterocycles. The van der Waals surface area contributed by atoms with Crippen molar-refractivity contribution < 1.29 is 9.53 Å². The molecule has 0 unspecified atom stereocenters. The van der Waals surface area contributed by atoms with E-state index in [1.54, 1.807) is 10.7 Å². The zero-order valence-electron chi connectivity index (χ0n) is 14.9. The molecule has 7 heteroatoms. The lowest BCUT2D eigenvalue weighted by Gasteiger charge is -2.39. The van der Waals surface area contributed by atoms with Crippen LogP contribution in [-0.4, -0.2) is 44.3 Å². The van der Waals surface area contributed by atoms with Crippen LogP contribution in [-0.2, 0) is 16.6 Å². The Morgan fingerprint density at radius 2 is 2.00 bits per heavy atom. The van der Waals surface area contributed by atoms with Crippen molar-refractivity contribution in [2.75, 3.05) is 13.1 Å². The lowest BCUT2D eigenvalue weighted by Crippen LogP contribution is -2.46. The molecule has 1 saturated heterocycles. The Balaban J connectivity index is 1.57. The van der Waals surface area contributed by atoms with Crippen molar-refractivity contribution in [3.05, 3.63) is 28.7 Å². The average Bonchev–Trinajstić information content (AvgIpc) is 3.13. The number of nitrogens with zero attached hydrogens (tertiary/aromatic N) is 4. The first kappa shape index (κ1) is 16.6.